The van der Waals surface area contributed by atoms with E-state index >= 15 is 0 Å². The van der Waals surface area contributed by atoms with Crippen LogP contribution in [0.4, 0.5) is 19.0 Å². The SMILES string of the molecule is COCCOc1ccc(-c2ncc(COCC(F)(F)F)nc2N2CCC(c3nn[nH]n3)CC2)cc1. The predicted octanol–water partition coefficient (Wildman–Crippen LogP) is 3.14. The first-order valence-corrected chi connectivity index (χ1v) is 11.1. The van der Waals surface area contributed by atoms with Crippen LogP contribution in [0.15, 0.2) is 30.5 Å². The second kappa shape index (κ2) is 11.4. The van der Waals surface area contributed by atoms with Crippen LogP contribution in [0.2, 0.25) is 0 Å². The summed E-state index contributed by atoms with van der Waals surface area (Å²) in [6.45, 7) is 0.605. The molecule has 1 aromatic carbocycles. The van der Waals surface area contributed by atoms with Gasteiger partial charge in [-0.15, -0.1) is 10.2 Å². The number of nitrogens with zero attached hydrogens (tertiary/aromatic N) is 6. The Balaban J connectivity index is 1.53. The molecule has 0 amide bonds. The maximum atomic E-state index is 12.5. The lowest BCUT2D eigenvalue weighted by Crippen LogP contribution is -2.34. The van der Waals surface area contributed by atoms with Gasteiger partial charge in [0, 0.05) is 31.7 Å². The Kier molecular flexibility index (Phi) is 8.08. The second-order valence-corrected chi connectivity index (χ2v) is 8.04. The van der Waals surface area contributed by atoms with Crippen LogP contribution >= 0.6 is 0 Å². The summed E-state index contributed by atoms with van der Waals surface area (Å²) in [4.78, 5) is 11.3. The van der Waals surface area contributed by atoms with Gasteiger partial charge in [0.05, 0.1) is 25.1 Å². The predicted molar refractivity (Wildman–Crippen MR) is 119 cm³/mol. The molecule has 13 heteroatoms. The molecule has 0 spiro atoms. The third-order valence-electron chi connectivity index (χ3n) is 5.52. The lowest BCUT2D eigenvalue weighted by molar-refractivity contribution is -0.176. The molecule has 3 heterocycles. The molecule has 0 bridgehead atoms. The van der Waals surface area contributed by atoms with E-state index in [2.05, 4.69) is 35.5 Å². The molecule has 188 valence electrons. The number of ether oxygens (including phenoxy) is 3. The summed E-state index contributed by atoms with van der Waals surface area (Å²) in [6.07, 6.45) is -1.39. The van der Waals surface area contributed by atoms with Crippen molar-refractivity contribution in [3.8, 4) is 17.0 Å². The summed E-state index contributed by atoms with van der Waals surface area (Å²) < 4.78 is 52.9. The zero-order valence-electron chi connectivity index (χ0n) is 19.2. The molecular formula is C22H26F3N7O3. The van der Waals surface area contributed by atoms with E-state index in [-0.39, 0.29) is 12.5 Å². The first-order chi connectivity index (χ1) is 16.9. The molecular weight excluding hydrogens is 467 g/mol. The second-order valence-electron chi connectivity index (χ2n) is 8.04. The third kappa shape index (κ3) is 6.85. The first-order valence-electron chi connectivity index (χ1n) is 11.1. The van der Waals surface area contributed by atoms with Crippen LogP contribution in [-0.2, 0) is 16.1 Å². The largest absolute Gasteiger partial charge is 0.491 e. The molecule has 4 rings (SSSR count). The minimum Gasteiger partial charge on any atom is -0.491 e. The van der Waals surface area contributed by atoms with Gasteiger partial charge in [0.15, 0.2) is 11.6 Å². The molecule has 1 saturated heterocycles. The van der Waals surface area contributed by atoms with E-state index in [1.165, 1.54) is 6.20 Å². The number of nitrogens with one attached hydrogen (secondary N) is 1. The Labute approximate surface area is 199 Å². The van der Waals surface area contributed by atoms with Gasteiger partial charge in [0.1, 0.15) is 24.7 Å². The molecule has 2 aromatic heterocycles. The van der Waals surface area contributed by atoms with Gasteiger partial charge in [-0.25, -0.2) is 4.98 Å². The summed E-state index contributed by atoms with van der Waals surface area (Å²) in [7, 11) is 1.61. The van der Waals surface area contributed by atoms with Crippen LogP contribution in [0.1, 0.15) is 30.3 Å². The monoisotopic (exact) mass is 493 g/mol. The Morgan fingerprint density at radius 3 is 2.54 bits per heavy atom. The molecule has 10 nitrogen and oxygen atoms in total. The summed E-state index contributed by atoms with van der Waals surface area (Å²) in [6, 6.07) is 7.42. The smallest absolute Gasteiger partial charge is 0.411 e. The number of aromatic amines is 1. The number of tetrazole rings is 1. The number of piperidine rings is 1. The Bertz CT molecular complexity index is 1060. The van der Waals surface area contributed by atoms with Crippen molar-refractivity contribution in [2.24, 2.45) is 0 Å². The number of H-pyrrole nitrogens is 1. The molecule has 0 radical (unpaired) electrons. The van der Waals surface area contributed by atoms with E-state index in [9.17, 15) is 13.2 Å². The number of hydrogen-bond acceptors (Lipinski definition) is 9. The highest BCUT2D eigenvalue weighted by Crippen LogP contribution is 2.33. The van der Waals surface area contributed by atoms with Crippen molar-refractivity contribution in [1.29, 1.82) is 0 Å². The van der Waals surface area contributed by atoms with E-state index in [0.717, 1.165) is 18.4 Å². The average Bonchev–Trinajstić information content (AvgIpc) is 3.39. The van der Waals surface area contributed by atoms with Gasteiger partial charge < -0.3 is 19.1 Å². The lowest BCUT2D eigenvalue weighted by atomic mass is 9.96. The molecule has 1 aliphatic rings. The highest BCUT2D eigenvalue weighted by atomic mass is 19.4. The van der Waals surface area contributed by atoms with Gasteiger partial charge in [-0.05, 0) is 37.1 Å². The van der Waals surface area contributed by atoms with Crippen LogP contribution < -0.4 is 9.64 Å². The van der Waals surface area contributed by atoms with Crippen molar-refractivity contribution in [3.63, 3.8) is 0 Å². The molecule has 0 unspecified atom stereocenters. The lowest BCUT2D eigenvalue weighted by Gasteiger charge is -2.32. The minimum atomic E-state index is -4.40. The zero-order valence-corrected chi connectivity index (χ0v) is 19.2. The molecule has 0 saturated carbocycles. The fraction of sp³-hybridized carbons (Fsp3) is 0.500. The number of hydrogen-bond donors (Lipinski definition) is 1. The molecule has 0 aliphatic carbocycles. The van der Waals surface area contributed by atoms with Crippen molar-refractivity contribution in [1.82, 2.24) is 30.6 Å². The van der Waals surface area contributed by atoms with Gasteiger partial charge in [-0.1, -0.05) is 5.21 Å². The number of alkyl halides is 3. The van der Waals surface area contributed by atoms with E-state index in [0.29, 0.717) is 55.1 Å². The Hall–Kier alpha value is -3.32. The number of halogens is 3. The van der Waals surface area contributed by atoms with Crippen molar-refractivity contribution in [2.75, 3.05) is 44.9 Å². The van der Waals surface area contributed by atoms with Crippen LogP contribution in [0.3, 0.4) is 0 Å². The number of anilines is 1. The maximum absolute atomic E-state index is 12.5. The van der Waals surface area contributed by atoms with Crippen molar-refractivity contribution in [2.45, 2.75) is 31.5 Å². The van der Waals surface area contributed by atoms with E-state index in [4.69, 9.17) is 14.2 Å². The van der Waals surface area contributed by atoms with Crippen molar-refractivity contribution >= 4 is 5.82 Å². The Morgan fingerprint density at radius 1 is 1.11 bits per heavy atom. The van der Waals surface area contributed by atoms with Crippen molar-refractivity contribution < 1.29 is 27.4 Å². The topological polar surface area (TPSA) is 111 Å². The van der Waals surface area contributed by atoms with Crippen LogP contribution in [0.25, 0.3) is 11.3 Å². The van der Waals surface area contributed by atoms with Gasteiger partial charge in [0.2, 0.25) is 0 Å². The highest BCUT2D eigenvalue weighted by molar-refractivity contribution is 5.72. The normalized spacial score (nSPS) is 14.9. The standard InChI is InChI=1S/C22H26F3N7O3/c1-33-10-11-35-18-4-2-15(3-5-18)19-21(27-17(12-26-19)13-34-14-22(23,24)25)32-8-6-16(7-9-32)20-28-30-31-29-20/h2-5,12,16H,6-11,13-14H2,1H3,(H,28,29,30,31). The van der Waals surface area contributed by atoms with E-state index in [1.807, 2.05) is 24.3 Å². The number of benzene rings is 1. The van der Waals surface area contributed by atoms with Gasteiger partial charge in [0.25, 0.3) is 0 Å². The number of aromatic nitrogens is 6. The van der Waals surface area contributed by atoms with Gasteiger partial charge in [-0.2, -0.15) is 18.4 Å². The molecule has 35 heavy (non-hydrogen) atoms. The van der Waals surface area contributed by atoms with E-state index < -0.39 is 12.8 Å². The fourth-order valence-electron chi connectivity index (χ4n) is 3.82. The van der Waals surface area contributed by atoms with Gasteiger partial charge in [-0.3, -0.25) is 4.98 Å². The van der Waals surface area contributed by atoms with Crippen LogP contribution in [0, 0.1) is 0 Å². The number of methoxy groups -OCH3 is 1. The summed E-state index contributed by atoms with van der Waals surface area (Å²) >= 11 is 0. The van der Waals surface area contributed by atoms with Crippen molar-refractivity contribution in [3.05, 3.63) is 42.0 Å². The molecule has 0 atom stereocenters. The zero-order chi connectivity index (χ0) is 24.7. The minimum absolute atomic E-state index is 0.170. The average molecular weight is 493 g/mol. The summed E-state index contributed by atoms with van der Waals surface area (Å²) in [5.41, 5.74) is 1.77. The van der Waals surface area contributed by atoms with E-state index in [1.54, 1.807) is 7.11 Å². The third-order valence-corrected chi connectivity index (χ3v) is 5.52. The maximum Gasteiger partial charge on any atom is 0.411 e. The molecule has 3 aromatic rings. The highest BCUT2D eigenvalue weighted by Gasteiger charge is 2.28. The summed E-state index contributed by atoms with van der Waals surface area (Å²) in [5.74, 6) is 2.13. The van der Waals surface area contributed by atoms with Crippen LogP contribution in [0.5, 0.6) is 5.75 Å². The quantitative estimate of drug-likeness (QED) is 0.426. The van der Waals surface area contributed by atoms with Crippen LogP contribution in [-0.4, -0.2) is 76.8 Å². The fourth-order valence-corrected chi connectivity index (χ4v) is 3.82. The first kappa shape index (κ1) is 24.8. The molecule has 1 N–H and O–H groups in total. The van der Waals surface area contributed by atoms with Gasteiger partial charge >= 0.3 is 6.18 Å². The molecule has 1 aliphatic heterocycles. The number of rotatable bonds is 10. The Morgan fingerprint density at radius 2 is 1.89 bits per heavy atom. The molecule has 1 fully saturated rings. The summed E-state index contributed by atoms with van der Waals surface area (Å²) in [5, 5.41) is 14.3.